The van der Waals surface area contributed by atoms with Gasteiger partial charge in [-0.3, -0.25) is 9.59 Å². The number of benzene rings is 1. The molecule has 0 saturated heterocycles. The number of carboxylic acids is 1. The van der Waals surface area contributed by atoms with Crippen LogP contribution in [0.15, 0.2) is 18.2 Å². The zero-order valence-corrected chi connectivity index (χ0v) is 13.5. The van der Waals surface area contributed by atoms with Gasteiger partial charge in [-0.05, 0) is 55.4 Å². The number of nitrogens with one attached hydrogen (secondary N) is 1. The molecule has 6 heteroatoms. The van der Waals surface area contributed by atoms with Crippen molar-refractivity contribution < 1.29 is 14.7 Å². The van der Waals surface area contributed by atoms with Gasteiger partial charge < -0.3 is 10.4 Å². The molecule has 2 atom stereocenters. The highest BCUT2D eigenvalue weighted by Crippen LogP contribution is 2.49. The first-order valence-corrected chi connectivity index (χ1v) is 8.14. The summed E-state index contributed by atoms with van der Waals surface area (Å²) in [5.41, 5.74) is 0.431. The largest absolute Gasteiger partial charge is 0.481 e. The monoisotopic (exact) mass is 341 g/mol. The van der Waals surface area contributed by atoms with E-state index in [4.69, 9.17) is 28.3 Å². The second-order valence-corrected chi connectivity index (χ2v) is 7.22. The van der Waals surface area contributed by atoms with Crippen LogP contribution >= 0.6 is 23.2 Å². The lowest BCUT2D eigenvalue weighted by atomic mass is 9.74. The number of carbonyl (C=O) groups is 2. The quantitative estimate of drug-likeness (QED) is 0.859. The van der Waals surface area contributed by atoms with Gasteiger partial charge in [0.1, 0.15) is 0 Å². The zero-order chi connectivity index (χ0) is 15.9. The third kappa shape index (κ3) is 3.23. The summed E-state index contributed by atoms with van der Waals surface area (Å²) in [5.74, 6) is -0.907. The van der Waals surface area contributed by atoms with E-state index in [-0.39, 0.29) is 24.2 Å². The van der Waals surface area contributed by atoms with Crippen molar-refractivity contribution in [3.8, 4) is 0 Å². The highest BCUT2D eigenvalue weighted by atomic mass is 35.5. The molecule has 1 amide bonds. The van der Waals surface area contributed by atoms with Crippen molar-refractivity contribution in [2.75, 3.05) is 0 Å². The number of rotatable bonds is 5. The van der Waals surface area contributed by atoms with E-state index in [0.717, 1.165) is 31.2 Å². The molecule has 2 fully saturated rings. The fourth-order valence-corrected chi connectivity index (χ4v) is 3.78. The number of hydrogen-bond acceptors (Lipinski definition) is 2. The standard InChI is InChI=1S/C16H17Cl2NO3/c17-10-4-9(5-11(18)6-10)12-7-13(12)15(22)19-16(2-1-3-16)8-14(20)21/h4-6,12-13H,1-3,7-8H2,(H,19,22)(H,20,21). The molecule has 22 heavy (non-hydrogen) atoms. The zero-order valence-electron chi connectivity index (χ0n) is 11.9. The molecule has 0 aliphatic heterocycles. The second kappa shape index (κ2) is 5.74. The molecule has 0 bridgehead atoms. The van der Waals surface area contributed by atoms with Gasteiger partial charge in [0, 0.05) is 16.0 Å². The average molecular weight is 342 g/mol. The van der Waals surface area contributed by atoms with Crippen molar-refractivity contribution in [1.82, 2.24) is 5.32 Å². The highest BCUT2D eigenvalue weighted by molar-refractivity contribution is 6.34. The van der Waals surface area contributed by atoms with Gasteiger partial charge in [0.2, 0.25) is 5.91 Å². The van der Waals surface area contributed by atoms with E-state index in [1.807, 2.05) is 12.1 Å². The smallest absolute Gasteiger partial charge is 0.305 e. The molecule has 2 unspecified atom stereocenters. The Hall–Kier alpha value is -1.26. The van der Waals surface area contributed by atoms with E-state index in [9.17, 15) is 9.59 Å². The predicted octanol–water partition coefficient (Wildman–Crippen LogP) is 3.61. The van der Waals surface area contributed by atoms with Crippen molar-refractivity contribution in [2.45, 2.75) is 43.6 Å². The Morgan fingerprint density at radius 3 is 2.36 bits per heavy atom. The summed E-state index contributed by atoms with van der Waals surface area (Å²) in [6.45, 7) is 0. The van der Waals surface area contributed by atoms with Gasteiger partial charge in [-0.15, -0.1) is 0 Å². The molecule has 2 saturated carbocycles. The van der Waals surface area contributed by atoms with Crippen LogP contribution in [0.5, 0.6) is 0 Å². The maximum atomic E-state index is 12.4. The summed E-state index contributed by atoms with van der Waals surface area (Å²) >= 11 is 12.0. The maximum absolute atomic E-state index is 12.4. The van der Waals surface area contributed by atoms with Crippen molar-refractivity contribution in [1.29, 1.82) is 0 Å². The average Bonchev–Trinajstić information content (AvgIpc) is 3.14. The Balaban J connectivity index is 1.64. The fourth-order valence-electron chi connectivity index (χ4n) is 3.24. The van der Waals surface area contributed by atoms with Gasteiger partial charge in [0.25, 0.3) is 0 Å². The molecule has 2 aliphatic carbocycles. The molecule has 0 aromatic heterocycles. The summed E-state index contributed by atoms with van der Waals surface area (Å²) in [4.78, 5) is 23.3. The first kappa shape index (κ1) is 15.6. The SMILES string of the molecule is O=C(O)CC1(NC(=O)C2CC2c2cc(Cl)cc(Cl)c2)CCC1. The molecule has 2 N–H and O–H groups in total. The van der Waals surface area contributed by atoms with Crippen LogP contribution in [0.1, 0.15) is 43.6 Å². The molecule has 0 heterocycles. The summed E-state index contributed by atoms with van der Waals surface area (Å²) in [7, 11) is 0. The van der Waals surface area contributed by atoms with Crippen LogP contribution in [0, 0.1) is 5.92 Å². The molecule has 1 aromatic carbocycles. The molecular formula is C16H17Cl2NO3. The van der Waals surface area contributed by atoms with Gasteiger partial charge in [0.15, 0.2) is 0 Å². The summed E-state index contributed by atoms with van der Waals surface area (Å²) < 4.78 is 0. The number of halogens is 2. The third-order valence-electron chi connectivity index (χ3n) is 4.63. The van der Waals surface area contributed by atoms with Crippen molar-refractivity contribution in [3.63, 3.8) is 0 Å². The first-order chi connectivity index (χ1) is 10.4. The fraction of sp³-hybridized carbons (Fsp3) is 0.500. The van der Waals surface area contributed by atoms with Gasteiger partial charge >= 0.3 is 5.97 Å². The lowest BCUT2D eigenvalue weighted by molar-refractivity contribution is -0.140. The Labute approximate surface area is 138 Å². The van der Waals surface area contributed by atoms with Crippen LogP contribution in [0.2, 0.25) is 10.0 Å². The van der Waals surface area contributed by atoms with Crippen LogP contribution < -0.4 is 5.32 Å². The van der Waals surface area contributed by atoms with Crippen LogP contribution in [0.25, 0.3) is 0 Å². The van der Waals surface area contributed by atoms with E-state index in [1.54, 1.807) is 6.07 Å². The number of carbonyl (C=O) groups excluding carboxylic acids is 1. The number of amides is 1. The Kier molecular flexibility index (Phi) is 4.08. The van der Waals surface area contributed by atoms with Gasteiger partial charge in [-0.2, -0.15) is 0 Å². The molecule has 1 aromatic rings. The third-order valence-corrected chi connectivity index (χ3v) is 5.07. The topological polar surface area (TPSA) is 66.4 Å². The van der Waals surface area contributed by atoms with E-state index in [2.05, 4.69) is 5.32 Å². The van der Waals surface area contributed by atoms with E-state index >= 15 is 0 Å². The summed E-state index contributed by atoms with van der Waals surface area (Å²) in [5, 5.41) is 13.1. The molecule has 3 rings (SSSR count). The van der Waals surface area contributed by atoms with Gasteiger partial charge in [0.05, 0.1) is 12.0 Å². The Morgan fingerprint density at radius 2 is 1.86 bits per heavy atom. The lowest BCUT2D eigenvalue weighted by Crippen LogP contribution is -2.55. The van der Waals surface area contributed by atoms with Crippen molar-refractivity contribution in [2.24, 2.45) is 5.92 Å². The lowest BCUT2D eigenvalue weighted by Gasteiger charge is -2.41. The molecule has 2 aliphatic rings. The second-order valence-electron chi connectivity index (χ2n) is 6.35. The van der Waals surface area contributed by atoms with Crippen LogP contribution in [-0.2, 0) is 9.59 Å². The van der Waals surface area contributed by atoms with Gasteiger partial charge in [-0.1, -0.05) is 23.2 Å². The maximum Gasteiger partial charge on any atom is 0.305 e. The first-order valence-electron chi connectivity index (χ1n) is 7.38. The van der Waals surface area contributed by atoms with E-state index in [0.29, 0.717) is 10.0 Å². The number of aliphatic carboxylic acids is 1. The molecule has 0 spiro atoms. The van der Waals surface area contributed by atoms with Crippen LogP contribution in [0.3, 0.4) is 0 Å². The molecule has 0 radical (unpaired) electrons. The molecular weight excluding hydrogens is 325 g/mol. The summed E-state index contributed by atoms with van der Waals surface area (Å²) in [6, 6.07) is 5.34. The van der Waals surface area contributed by atoms with Crippen molar-refractivity contribution in [3.05, 3.63) is 33.8 Å². The minimum atomic E-state index is -0.867. The molecule has 4 nitrogen and oxygen atoms in total. The van der Waals surface area contributed by atoms with E-state index < -0.39 is 11.5 Å². The molecule has 118 valence electrons. The summed E-state index contributed by atoms with van der Waals surface area (Å²) in [6.07, 6.45) is 3.20. The van der Waals surface area contributed by atoms with Gasteiger partial charge in [-0.25, -0.2) is 0 Å². The van der Waals surface area contributed by atoms with E-state index in [1.165, 1.54) is 0 Å². The Bertz CT molecular complexity index is 608. The highest BCUT2D eigenvalue weighted by Gasteiger charge is 2.48. The Morgan fingerprint density at radius 1 is 1.23 bits per heavy atom. The number of hydrogen-bond donors (Lipinski definition) is 2. The van der Waals surface area contributed by atoms with Crippen LogP contribution in [-0.4, -0.2) is 22.5 Å². The predicted molar refractivity (Wildman–Crippen MR) is 84.3 cm³/mol. The van der Waals surface area contributed by atoms with Crippen molar-refractivity contribution >= 4 is 35.1 Å². The normalized spacial score (nSPS) is 25.2. The van der Waals surface area contributed by atoms with Crippen LogP contribution in [0.4, 0.5) is 0 Å². The minimum Gasteiger partial charge on any atom is -0.481 e. The minimum absolute atomic E-state index is 0.000873. The number of carboxylic acid groups (broad SMARTS) is 1.